The van der Waals surface area contributed by atoms with Gasteiger partial charge in [0.2, 0.25) is 11.7 Å². The van der Waals surface area contributed by atoms with Crippen LogP contribution in [0.2, 0.25) is 0 Å². The Morgan fingerprint density at radius 1 is 1.13 bits per heavy atom. The maximum absolute atomic E-state index is 14.2. The zero-order chi connectivity index (χ0) is 27.1. The molecule has 1 atom stereocenters. The molecular formula is C27H33FN6O4. The second kappa shape index (κ2) is 12.5. The molecule has 38 heavy (non-hydrogen) atoms. The number of methoxy groups -OCH3 is 2. The van der Waals surface area contributed by atoms with Gasteiger partial charge in [-0.05, 0) is 60.9 Å². The standard InChI is InChI=1S/C27H33FN6O4/c1-4-8-22(27(36)29-20-10-5-6-11-20)34(21-12-7-9-19(28)16-21)25(35)17-33-31-26(30-32-33)18-13-14-23(37-2)24(15-18)38-3/h7,9,12-16,20,22H,4-6,8,10-11,17H2,1-3H3,(H,29,36)/t22-/m0/s1. The van der Waals surface area contributed by atoms with E-state index in [1.54, 1.807) is 31.4 Å². The second-order valence-electron chi connectivity index (χ2n) is 9.25. The smallest absolute Gasteiger partial charge is 0.251 e. The minimum absolute atomic E-state index is 0.0901. The van der Waals surface area contributed by atoms with Gasteiger partial charge in [-0.3, -0.25) is 14.5 Å². The summed E-state index contributed by atoms with van der Waals surface area (Å²) >= 11 is 0. The number of hydrogen-bond donors (Lipinski definition) is 1. The Kier molecular flexibility index (Phi) is 8.88. The van der Waals surface area contributed by atoms with E-state index in [4.69, 9.17) is 9.47 Å². The van der Waals surface area contributed by atoms with Crippen LogP contribution in [-0.4, -0.2) is 58.3 Å². The fourth-order valence-corrected chi connectivity index (χ4v) is 4.74. The molecule has 10 nitrogen and oxygen atoms in total. The van der Waals surface area contributed by atoms with Gasteiger partial charge in [0.05, 0.1) is 14.2 Å². The van der Waals surface area contributed by atoms with Crippen molar-refractivity contribution in [3.8, 4) is 22.9 Å². The molecule has 0 spiro atoms. The first-order chi connectivity index (χ1) is 18.4. The van der Waals surface area contributed by atoms with Gasteiger partial charge in [0.15, 0.2) is 11.5 Å². The monoisotopic (exact) mass is 524 g/mol. The lowest BCUT2D eigenvalue weighted by Gasteiger charge is -2.31. The molecule has 1 aliphatic rings. The van der Waals surface area contributed by atoms with E-state index < -0.39 is 17.8 Å². The van der Waals surface area contributed by atoms with Crippen LogP contribution < -0.4 is 19.7 Å². The number of aromatic nitrogens is 4. The van der Waals surface area contributed by atoms with Crippen LogP contribution in [0.1, 0.15) is 45.4 Å². The van der Waals surface area contributed by atoms with Gasteiger partial charge in [-0.15, -0.1) is 10.2 Å². The second-order valence-corrected chi connectivity index (χ2v) is 9.25. The highest BCUT2D eigenvalue weighted by Gasteiger charge is 2.33. The number of anilines is 1. The SMILES string of the molecule is CCC[C@@H](C(=O)NC1CCCC1)N(C(=O)Cn1nnc(-c2ccc(OC)c(OC)c2)n1)c1cccc(F)c1. The average Bonchev–Trinajstić information content (AvgIpc) is 3.60. The fourth-order valence-electron chi connectivity index (χ4n) is 4.74. The number of hydrogen-bond acceptors (Lipinski definition) is 7. The van der Waals surface area contributed by atoms with Crippen molar-refractivity contribution in [2.75, 3.05) is 19.1 Å². The van der Waals surface area contributed by atoms with Crippen LogP contribution in [0.4, 0.5) is 10.1 Å². The fraction of sp³-hybridized carbons (Fsp3) is 0.444. The van der Waals surface area contributed by atoms with Gasteiger partial charge in [0.1, 0.15) is 18.4 Å². The highest BCUT2D eigenvalue weighted by atomic mass is 19.1. The first-order valence-electron chi connectivity index (χ1n) is 12.8. The van der Waals surface area contributed by atoms with Crippen molar-refractivity contribution in [3.05, 3.63) is 48.3 Å². The third-order valence-corrected chi connectivity index (χ3v) is 6.60. The normalized spacial score (nSPS) is 14.2. The molecule has 1 aromatic heterocycles. The predicted molar refractivity (Wildman–Crippen MR) is 139 cm³/mol. The number of amides is 2. The Morgan fingerprint density at radius 2 is 1.89 bits per heavy atom. The summed E-state index contributed by atoms with van der Waals surface area (Å²) in [7, 11) is 3.07. The van der Waals surface area contributed by atoms with E-state index in [1.165, 1.54) is 35.0 Å². The number of nitrogens with zero attached hydrogens (tertiary/aromatic N) is 5. The van der Waals surface area contributed by atoms with Crippen molar-refractivity contribution in [2.24, 2.45) is 0 Å². The molecule has 202 valence electrons. The van der Waals surface area contributed by atoms with Crippen LogP contribution in [0.5, 0.6) is 11.5 Å². The van der Waals surface area contributed by atoms with Crippen LogP contribution in [-0.2, 0) is 16.1 Å². The Morgan fingerprint density at radius 3 is 2.58 bits per heavy atom. The lowest BCUT2D eigenvalue weighted by atomic mass is 10.1. The minimum Gasteiger partial charge on any atom is -0.493 e. The molecule has 0 saturated heterocycles. The maximum atomic E-state index is 14.2. The summed E-state index contributed by atoms with van der Waals surface area (Å²) < 4.78 is 24.8. The zero-order valence-corrected chi connectivity index (χ0v) is 21.9. The van der Waals surface area contributed by atoms with Crippen LogP contribution in [0, 0.1) is 5.82 Å². The van der Waals surface area contributed by atoms with Crippen molar-refractivity contribution in [1.29, 1.82) is 0 Å². The highest BCUT2D eigenvalue weighted by molar-refractivity contribution is 6.00. The number of tetrazole rings is 1. The van der Waals surface area contributed by atoms with E-state index in [0.29, 0.717) is 41.4 Å². The third-order valence-electron chi connectivity index (χ3n) is 6.60. The van der Waals surface area contributed by atoms with Gasteiger partial charge in [0.25, 0.3) is 5.91 Å². The molecule has 1 aliphatic carbocycles. The first-order valence-corrected chi connectivity index (χ1v) is 12.8. The van der Waals surface area contributed by atoms with Gasteiger partial charge < -0.3 is 14.8 Å². The van der Waals surface area contributed by atoms with Crippen LogP contribution >= 0.6 is 0 Å². The summed E-state index contributed by atoms with van der Waals surface area (Å²) in [5.41, 5.74) is 0.929. The number of nitrogens with one attached hydrogen (secondary N) is 1. The van der Waals surface area contributed by atoms with Crippen molar-refractivity contribution in [2.45, 2.75) is 64.1 Å². The van der Waals surface area contributed by atoms with E-state index in [0.717, 1.165) is 25.7 Å². The lowest BCUT2D eigenvalue weighted by molar-refractivity contribution is -0.127. The van der Waals surface area contributed by atoms with Crippen LogP contribution in [0.3, 0.4) is 0 Å². The highest BCUT2D eigenvalue weighted by Crippen LogP contribution is 2.31. The Labute approximate surface area is 221 Å². The van der Waals surface area contributed by atoms with Gasteiger partial charge in [-0.25, -0.2) is 4.39 Å². The maximum Gasteiger partial charge on any atom is 0.251 e. The van der Waals surface area contributed by atoms with Crippen LogP contribution in [0.25, 0.3) is 11.4 Å². The van der Waals surface area contributed by atoms with Gasteiger partial charge >= 0.3 is 0 Å². The summed E-state index contributed by atoms with van der Waals surface area (Å²) in [5, 5.41) is 15.6. The number of rotatable bonds is 11. The largest absolute Gasteiger partial charge is 0.493 e. The Balaban J connectivity index is 1.60. The minimum atomic E-state index is -0.802. The van der Waals surface area contributed by atoms with E-state index in [2.05, 4.69) is 20.7 Å². The van der Waals surface area contributed by atoms with Crippen molar-refractivity contribution < 1.29 is 23.5 Å². The molecule has 2 aromatic carbocycles. The summed E-state index contributed by atoms with van der Waals surface area (Å²) in [4.78, 5) is 29.6. The van der Waals surface area contributed by atoms with E-state index >= 15 is 0 Å². The Hall–Kier alpha value is -4.02. The molecule has 4 rings (SSSR count). The quantitative estimate of drug-likeness (QED) is 0.407. The molecule has 0 unspecified atom stereocenters. The molecule has 1 heterocycles. The molecule has 0 radical (unpaired) electrons. The molecule has 1 fully saturated rings. The number of halogens is 1. The van der Waals surface area contributed by atoms with Gasteiger partial charge in [0, 0.05) is 17.3 Å². The molecule has 0 aliphatic heterocycles. The number of benzene rings is 2. The van der Waals surface area contributed by atoms with E-state index in [9.17, 15) is 14.0 Å². The summed E-state index contributed by atoms with van der Waals surface area (Å²) in [6.45, 7) is 1.66. The van der Waals surface area contributed by atoms with E-state index in [-0.39, 0.29) is 18.5 Å². The molecule has 0 bridgehead atoms. The topological polar surface area (TPSA) is 111 Å². The number of carbonyl (C=O) groups is 2. The third kappa shape index (κ3) is 6.27. The van der Waals surface area contributed by atoms with E-state index in [1.807, 2.05) is 6.92 Å². The summed E-state index contributed by atoms with van der Waals surface area (Å²) in [6.07, 6.45) is 5.04. The molecule has 2 amide bonds. The van der Waals surface area contributed by atoms with Crippen molar-refractivity contribution >= 4 is 17.5 Å². The molecular weight excluding hydrogens is 491 g/mol. The van der Waals surface area contributed by atoms with Gasteiger partial charge in [-0.1, -0.05) is 32.3 Å². The number of ether oxygens (including phenoxy) is 2. The first kappa shape index (κ1) is 27.0. The summed E-state index contributed by atoms with van der Waals surface area (Å²) in [6, 6.07) is 10.2. The molecule has 1 N–H and O–H groups in total. The van der Waals surface area contributed by atoms with Gasteiger partial charge in [-0.2, -0.15) is 4.80 Å². The predicted octanol–water partition coefficient (Wildman–Crippen LogP) is 3.76. The van der Waals surface area contributed by atoms with Crippen molar-refractivity contribution in [1.82, 2.24) is 25.5 Å². The molecule has 1 saturated carbocycles. The Bertz CT molecular complexity index is 1260. The average molecular weight is 525 g/mol. The lowest BCUT2D eigenvalue weighted by Crippen LogP contribution is -2.52. The van der Waals surface area contributed by atoms with Crippen molar-refractivity contribution in [3.63, 3.8) is 0 Å². The summed E-state index contributed by atoms with van der Waals surface area (Å²) in [5.74, 6) is 0.162. The molecule has 11 heteroatoms. The molecule has 3 aromatic rings. The number of carbonyl (C=O) groups excluding carboxylic acids is 2. The van der Waals surface area contributed by atoms with Crippen LogP contribution in [0.15, 0.2) is 42.5 Å². The zero-order valence-electron chi connectivity index (χ0n) is 21.9.